The van der Waals surface area contributed by atoms with Crippen LogP contribution in [0, 0.1) is 4.91 Å². The molecule has 1 aromatic heterocycles. The first-order valence-corrected chi connectivity index (χ1v) is 6.97. The second kappa shape index (κ2) is 5.64. The summed E-state index contributed by atoms with van der Waals surface area (Å²) in [6.45, 7) is 2.72. The zero-order valence-electron chi connectivity index (χ0n) is 12.2. The Labute approximate surface area is 126 Å². The van der Waals surface area contributed by atoms with E-state index in [1.165, 1.54) is 12.3 Å². The van der Waals surface area contributed by atoms with E-state index < -0.39 is 6.09 Å². The van der Waals surface area contributed by atoms with E-state index in [1.54, 1.807) is 17.0 Å². The van der Waals surface area contributed by atoms with E-state index in [0.717, 1.165) is 24.0 Å². The van der Waals surface area contributed by atoms with Crippen LogP contribution >= 0.6 is 0 Å². The number of benzene rings is 1. The lowest BCUT2D eigenvalue weighted by Crippen LogP contribution is -2.48. The van der Waals surface area contributed by atoms with Crippen LogP contribution in [0.3, 0.4) is 0 Å². The molecule has 1 saturated heterocycles. The Morgan fingerprint density at radius 1 is 1.27 bits per heavy atom. The highest BCUT2D eigenvalue weighted by molar-refractivity contribution is 5.82. The summed E-state index contributed by atoms with van der Waals surface area (Å²) in [6, 6.07) is 4.71. The van der Waals surface area contributed by atoms with Crippen molar-refractivity contribution in [1.29, 1.82) is 0 Å². The number of nitrogens with zero attached hydrogens (tertiary/aromatic N) is 4. The molecule has 1 aromatic carbocycles. The SMILES string of the molecule is CN1CCN(C(=O)Oc2cccc3c2[n+](=O)ccn3O)CC1. The highest BCUT2D eigenvalue weighted by atomic mass is 16.6. The van der Waals surface area contributed by atoms with Gasteiger partial charge in [-0.25, -0.2) is 4.79 Å². The number of amides is 1. The van der Waals surface area contributed by atoms with Crippen LogP contribution in [0.25, 0.3) is 11.0 Å². The predicted molar refractivity (Wildman–Crippen MR) is 77.6 cm³/mol. The molecule has 0 spiro atoms. The minimum Gasteiger partial charge on any atom is -0.428 e. The number of hydrogen-bond acceptors (Lipinski definition) is 5. The molecule has 1 aliphatic heterocycles. The molecule has 2 heterocycles. The standard InChI is InChI=1S/C14H17N4O4/c1-15-5-7-16(8-6-15)14(19)22-12-4-2-3-11-13(12)18(21)10-9-17(11)20/h2-4,9-10,20H,5-8H2,1H3/q+1. The second-order valence-corrected chi connectivity index (χ2v) is 5.25. The quantitative estimate of drug-likeness (QED) is 0.614. The minimum atomic E-state index is -0.492. The van der Waals surface area contributed by atoms with Crippen LogP contribution in [-0.2, 0) is 0 Å². The van der Waals surface area contributed by atoms with E-state index in [9.17, 15) is 14.9 Å². The minimum absolute atomic E-state index is 0.106. The topological polar surface area (TPSA) is 80.9 Å². The predicted octanol–water partition coefficient (Wildman–Crippen LogP) is 0.539. The van der Waals surface area contributed by atoms with Crippen molar-refractivity contribution in [3.05, 3.63) is 35.5 Å². The Hall–Kier alpha value is -2.61. The number of carbonyl (C=O) groups is 1. The number of hydrogen-bond donors (Lipinski definition) is 1. The summed E-state index contributed by atoms with van der Waals surface area (Å²) in [5.74, 6) is 0.125. The fourth-order valence-electron chi connectivity index (χ4n) is 2.43. The van der Waals surface area contributed by atoms with Gasteiger partial charge in [0.15, 0.2) is 5.52 Å². The summed E-state index contributed by atoms with van der Waals surface area (Å²) in [6.07, 6.45) is 1.88. The van der Waals surface area contributed by atoms with E-state index in [1.807, 2.05) is 7.05 Å². The van der Waals surface area contributed by atoms with Crippen LogP contribution in [0.15, 0.2) is 30.6 Å². The van der Waals surface area contributed by atoms with Gasteiger partial charge in [0, 0.05) is 31.1 Å². The maximum Gasteiger partial charge on any atom is 0.415 e. The highest BCUT2D eigenvalue weighted by Crippen LogP contribution is 2.21. The highest BCUT2D eigenvalue weighted by Gasteiger charge is 2.24. The first kappa shape index (κ1) is 14.3. The zero-order chi connectivity index (χ0) is 15.7. The van der Waals surface area contributed by atoms with Gasteiger partial charge in [-0.3, -0.25) is 0 Å². The van der Waals surface area contributed by atoms with Gasteiger partial charge in [-0.2, -0.15) is 4.73 Å². The number of ether oxygens (including phenoxy) is 1. The summed E-state index contributed by atoms with van der Waals surface area (Å²) in [4.78, 5) is 27.9. The third kappa shape index (κ3) is 2.60. The Morgan fingerprint density at radius 2 is 2.00 bits per heavy atom. The van der Waals surface area contributed by atoms with Crippen LogP contribution in [-0.4, -0.2) is 59.1 Å². The van der Waals surface area contributed by atoms with Gasteiger partial charge in [-0.05, 0) is 19.2 Å². The molecule has 0 unspecified atom stereocenters. The van der Waals surface area contributed by atoms with Gasteiger partial charge in [-0.1, -0.05) is 6.07 Å². The Kier molecular flexibility index (Phi) is 3.68. The lowest BCUT2D eigenvalue weighted by Gasteiger charge is -2.31. The van der Waals surface area contributed by atoms with E-state index in [-0.39, 0.29) is 16.8 Å². The molecule has 0 aliphatic carbocycles. The number of para-hydroxylation sites is 1. The van der Waals surface area contributed by atoms with E-state index in [0.29, 0.717) is 17.5 Å². The number of piperazine rings is 1. The van der Waals surface area contributed by atoms with Crippen molar-refractivity contribution in [2.45, 2.75) is 0 Å². The summed E-state index contributed by atoms with van der Waals surface area (Å²) < 4.78 is 6.74. The molecule has 0 saturated carbocycles. The van der Waals surface area contributed by atoms with E-state index in [2.05, 4.69) is 4.90 Å². The number of likely N-dealkylation sites (N-methyl/N-ethyl adjacent to an activating group) is 1. The Morgan fingerprint density at radius 3 is 2.73 bits per heavy atom. The molecule has 2 aromatic rings. The third-order valence-corrected chi connectivity index (χ3v) is 3.75. The molecule has 1 amide bonds. The van der Waals surface area contributed by atoms with Gasteiger partial charge in [0.05, 0.1) is 4.43 Å². The number of fused-ring (bicyclic) bond motifs is 1. The molecular formula is C14H17N4O4+. The van der Waals surface area contributed by atoms with Crippen molar-refractivity contribution >= 4 is 17.1 Å². The second-order valence-electron chi connectivity index (χ2n) is 5.25. The number of carbonyl (C=O) groups excluding carboxylic acids is 1. The van der Waals surface area contributed by atoms with Gasteiger partial charge < -0.3 is 19.7 Å². The van der Waals surface area contributed by atoms with Crippen molar-refractivity contribution in [2.24, 2.45) is 0 Å². The van der Waals surface area contributed by atoms with Crippen LogP contribution in [0.2, 0.25) is 0 Å². The fraction of sp³-hybridized carbons (Fsp3) is 0.357. The molecule has 116 valence electrons. The molecule has 0 radical (unpaired) electrons. The van der Waals surface area contributed by atoms with Crippen molar-refractivity contribution in [2.75, 3.05) is 33.2 Å². The molecular weight excluding hydrogens is 288 g/mol. The molecule has 0 atom stereocenters. The Balaban J connectivity index is 1.90. The smallest absolute Gasteiger partial charge is 0.415 e. The Bertz CT molecular complexity index is 765. The molecule has 1 aliphatic rings. The average molecular weight is 305 g/mol. The van der Waals surface area contributed by atoms with Gasteiger partial charge >= 0.3 is 11.6 Å². The maximum absolute atomic E-state index is 12.2. The molecule has 8 nitrogen and oxygen atoms in total. The molecule has 22 heavy (non-hydrogen) atoms. The molecule has 1 N–H and O–H groups in total. The van der Waals surface area contributed by atoms with Crippen LogP contribution in [0.1, 0.15) is 0 Å². The average Bonchev–Trinajstić information content (AvgIpc) is 2.52. The van der Waals surface area contributed by atoms with Gasteiger partial charge in [0.1, 0.15) is 6.20 Å². The van der Waals surface area contributed by atoms with Gasteiger partial charge in [0.25, 0.3) is 0 Å². The maximum atomic E-state index is 12.2. The molecule has 8 heteroatoms. The number of rotatable bonds is 1. The van der Waals surface area contributed by atoms with Gasteiger partial charge in [-0.15, -0.1) is 0 Å². The summed E-state index contributed by atoms with van der Waals surface area (Å²) in [7, 11) is 1.99. The van der Waals surface area contributed by atoms with E-state index in [4.69, 9.17) is 4.74 Å². The summed E-state index contributed by atoms with van der Waals surface area (Å²) in [5.41, 5.74) is 0.371. The normalized spacial score (nSPS) is 16.0. The first-order valence-electron chi connectivity index (χ1n) is 6.97. The van der Waals surface area contributed by atoms with Crippen molar-refractivity contribution in [1.82, 2.24) is 14.5 Å². The molecule has 1 fully saturated rings. The zero-order valence-corrected chi connectivity index (χ0v) is 12.2. The number of aromatic nitrogens is 2. The van der Waals surface area contributed by atoms with Crippen LogP contribution in [0.4, 0.5) is 4.79 Å². The molecule has 3 rings (SSSR count). The van der Waals surface area contributed by atoms with Gasteiger partial charge in [0.2, 0.25) is 11.9 Å². The first-order chi connectivity index (χ1) is 10.6. The van der Waals surface area contributed by atoms with Crippen molar-refractivity contribution in [3.8, 4) is 5.75 Å². The largest absolute Gasteiger partial charge is 0.428 e. The lowest BCUT2D eigenvalue weighted by atomic mass is 10.3. The monoisotopic (exact) mass is 305 g/mol. The fourth-order valence-corrected chi connectivity index (χ4v) is 2.43. The van der Waals surface area contributed by atoms with Crippen LogP contribution in [0.5, 0.6) is 5.75 Å². The van der Waals surface area contributed by atoms with Crippen molar-refractivity contribution in [3.63, 3.8) is 0 Å². The third-order valence-electron chi connectivity index (χ3n) is 3.75. The van der Waals surface area contributed by atoms with E-state index >= 15 is 0 Å². The molecule has 0 bridgehead atoms. The summed E-state index contributed by atoms with van der Waals surface area (Å²) in [5, 5.41) is 9.74. The lowest BCUT2D eigenvalue weighted by molar-refractivity contribution is -0.465. The van der Waals surface area contributed by atoms with Crippen molar-refractivity contribution < 1.29 is 19.2 Å². The summed E-state index contributed by atoms with van der Waals surface area (Å²) >= 11 is 0. The van der Waals surface area contributed by atoms with Crippen LogP contribution < -0.4 is 9.16 Å².